The van der Waals surface area contributed by atoms with E-state index in [2.05, 4.69) is 13.8 Å². The Morgan fingerprint density at radius 1 is 1.20 bits per heavy atom. The van der Waals surface area contributed by atoms with Crippen molar-refractivity contribution in [3.8, 4) is 5.75 Å². The molecule has 25 heavy (non-hydrogen) atoms. The molecule has 0 bridgehead atoms. The van der Waals surface area contributed by atoms with E-state index in [1.54, 1.807) is 0 Å². The first-order valence-corrected chi connectivity index (χ1v) is 9.42. The molecule has 2 heterocycles. The van der Waals surface area contributed by atoms with Crippen LogP contribution in [0, 0.1) is 5.41 Å². The molecule has 3 nitrogen and oxygen atoms in total. The molecule has 0 saturated heterocycles. The summed E-state index contributed by atoms with van der Waals surface area (Å²) in [5, 5.41) is 1.91. The normalized spacial score (nSPS) is 21.4. The van der Waals surface area contributed by atoms with Gasteiger partial charge in [-0.2, -0.15) is 0 Å². The number of hydrogen-bond donors (Lipinski definition) is 0. The third-order valence-corrected chi connectivity index (χ3v) is 5.85. The van der Waals surface area contributed by atoms with Crippen molar-refractivity contribution >= 4 is 22.9 Å². The number of carbonyl (C=O) groups is 2. The Balaban J connectivity index is 1.77. The lowest BCUT2D eigenvalue weighted by Crippen LogP contribution is -2.33. The summed E-state index contributed by atoms with van der Waals surface area (Å²) in [5.41, 5.74) is 1.55. The largest absolute Gasteiger partial charge is 0.461 e. The molecule has 1 unspecified atom stereocenters. The van der Waals surface area contributed by atoms with Gasteiger partial charge >= 0.3 is 0 Å². The lowest BCUT2D eigenvalue weighted by Gasteiger charge is -2.38. The predicted octanol–water partition coefficient (Wildman–Crippen LogP) is 5.14. The molecule has 0 amide bonds. The van der Waals surface area contributed by atoms with Gasteiger partial charge in [0.1, 0.15) is 11.5 Å². The van der Waals surface area contributed by atoms with Crippen LogP contribution in [-0.4, -0.2) is 11.6 Å². The number of allylic oxidation sites excluding steroid dienone is 2. The maximum Gasteiger partial charge on any atom is 0.173 e. The van der Waals surface area contributed by atoms with Crippen LogP contribution in [0.15, 0.2) is 53.1 Å². The molecule has 2 aliphatic rings. The smallest absolute Gasteiger partial charge is 0.173 e. The number of Topliss-reactive ketones (excluding diaryl/α,β-unsaturated/α-hetero) is 2. The molecule has 128 valence electrons. The van der Waals surface area contributed by atoms with Crippen LogP contribution in [0.1, 0.15) is 54.3 Å². The SMILES string of the molecule is CC1(C)CC(=O)C2=C(C1)Oc1ccccc1C2CC(=O)c1cccs1. The Bertz CT molecular complexity index is 874. The number of benzene rings is 1. The molecule has 0 saturated carbocycles. The van der Waals surface area contributed by atoms with Crippen molar-refractivity contribution in [2.24, 2.45) is 5.41 Å². The van der Waals surface area contributed by atoms with E-state index >= 15 is 0 Å². The second-order valence-electron chi connectivity index (χ2n) is 7.57. The van der Waals surface area contributed by atoms with Crippen LogP contribution >= 0.6 is 11.3 Å². The molecule has 0 spiro atoms. The van der Waals surface area contributed by atoms with Crippen LogP contribution < -0.4 is 4.74 Å². The number of ether oxygens (including phenoxy) is 1. The van der Waals surface area contributed by atoms with Gasteiger partial charge in [-0.25, -0.2) is 0 Å². The Kier molecular flexibility index (Phi) is 3.88. The van der Waals surface area contributed by atoms with Crippen LogP contribution in [0.5, 0.6) is 5.75 Å². The molecule has 4 heteroatoms. The van der Waals surface area contributed by atoms with E-state index in [0.717, 1.165) is 28.4 Å². The highest BCUT2D eigenvalue weighted by Gasteiger charge is 2.41. The molecule has 2 aromatic rings. The summed E-state index contributed by atoms with van der Waals surface area (Å²) < 4.78 is 6.09. The Hall–Kier alpha value is -2.20. The van der Waals surface area contributed by atoms with E-state index in [9.17, 15) is 9.59 Å². The van der Waals surface area contributed by atoms with Crippen LogP contribution in [0.3, 0.4) is 0 Å². The highest BCUT2D eigenvalue weighted by Crippen LogP contribution is 2.49. The molecule has 1 aliphatic heterocycles. The topological polar surface area (TPSA) is 43.4 Å². The summed E-state index contributed by atoms with van der Waals surface area (Å²) in [6.45, 7) is 4.18. The first-order valence-electron chi connectivity index (χ1n) is 8.54. The van der Waals surface area contributed by atoms with Gasteiger partial charge in [-0.3, -0.25) is 9.59 Å². The van der Waals surface area contributed by atoms with Gasteiger partial charge in [-0.05, 0) is 22.9 Å². The van der Waals surface area contributed by atoms with E-state index in [4.69, 9.17) is 4.74 Å². The molecule has 0 N–H and O–H groups in total. The van der Waals surface area contributed by atoms with E-state index < -0.39 is 0 Å². The number of hydrogen-bond acceptors (Lipinski definition) is 4. The second-order valence-corrected chi connectivity index (χ2v) is 8.52. The van der Waals surface area contributed by atoms with Gasteiger partial charge in [-0.1, -0.05) is 38.1 Å². The van der Waals surface area contributed by atoms with E-state index in [1.807, 2.05) is 41.8 Å². The standard InChI is InChI=1S/C21H20O3S/c1-21(2)11-16(23)20-14(10-15(22)19-8-5-9-25-19)13-6-3-4-7-17(13)24-18(20)12-21/h3-9,14H,10-12H2,1-2H3. The number of carbonyl (C=O) groups excluding carboxylic acids is 2. The average Bonchev–Trinajstić information content (AvgIpc) is 3.07. The minimum atomic E-state index is -0.210. The molecular weight excluding hydrogens is 332 g/mol. The Morgan fingerprint density at radius 3 is 2.76 bits per heavy atom. The molecule has 1 aromatic carbocycles. The third-order valence-electron chi connectivity index (χ3n) is 4.94. The summed E-state index contributed by atoms with van der Waals surface area (Å²) in [7, 11) is 0. The molecule has 0 fully saturated rings. The first-order chi connectivity index (χ1) is 11.9. The quantitative estimate of drug-likeness (QED) is 0.718. The van der Waals surface area contributed by atoms with Crippen molar-refractivity contribution in [3.05, 3.63) is 63.6 Å². The van der Waals surface area contributed by atoms with Crippen LogP contribution in [0.2, 0.25) is 0 Å². The van der Waals surface area contributed by atoms with Gasteiger partial charge in [0.25, 0.3) is 0 Å². The second kappa shape index (κ2) is 5.95. The lowest BCUT2D eigenvalue weighted by atomic mass is 9.70. The number of thiophene rings is 1. The van der Waals surface area contributed by atoms with Crippen molar-refractivity contribution in [1.82, 2.24) is 0 Å². The van der Waals surface area contributed by atoms with Crippen molar-refractivity contribution < 1.29 is 14.3 Å². The highest BCUT2D eigenvalue weighted by molar-refractivity contribution is 7.12. The number of ketones is 2. The first kappa shape index (κ1) is 16.3. The maximum atomic E-state index is 12.9. The minimum absolute atomic E-state index is 0.0844. The summed E-state index contributed by atoms with van der Waals surface area (Å²) >= 11 is 1.45. The van der Waals surface area contributed by atoms with Gasteiger partial charge in [0.2, 0.25) is 0 Å². The lowest BCUT2D eigenvalue weighted by molar-refractivity contribution is -0.118. The molecule has 1 atom stereocenters. The van der Waals surface area contributed by atoms with Crippen molar-refractivity contribution in [2.75, 3.05) is 0 Å². The molecule has 4 rings (SSSR count). The van der Waals surface area contributed by atoms with Crippen molar-refractivity contribution in [3.63, 3.8) is 0 Å². The number of fused-ring (bicyclic) bond motifs is 1. The molecule has 0 radical (unpaired) electrons. The minimum Gasteiger partial charge on any atom is -0.461 e. The zero-order valence-corrected chi connectivity index (χ0v) is 15.2. The van der Waals surface area contributed by atoms with Crippen LogP contribution in [-0.2, 0) is 4.79 Å². The Morgan fingerprint density at radius 2 is 2.00 bits per heavy atom. The monoisotopic (exact) mass is 352 g/mol. The van der Waals surface area contributed by atoms with Gasteiger partial charge in [0.05, 0.1) is 4.88 Å². The fraction of sp³-hybridized carbons (Fsp3) is 0.333. The fourth-order valence-corrected chi connectivity index (χ4v) is 4.52. The average molecular weight is 352 g/mol. The van der Waals surface area contributed by atoms with Crippen LogP contribution in [0.4, 0.5) is 0 Å². The molecule has 1 aromatic heterocycles. The number of rotatable bonds is 3. The molecular formula is C21H20O3S. The van der Waals surface area contributed by atoms with Gasteiger partial charge < -0.3 is 4.74 Å². The van der Waals surface area contributed by atoms with Gasteiger partial charge in [0, 0.05) is 36.3 Å². The van der Waals surface area contributed by atoms with E-state index in [-0.39, 0.29) is 22.9 Å². The fourth-order valence-electron chi connectivity index (χ4n) is 3.84. The van der Waals surface area contributed by atoms with Gasteiger partial charge in [-0.15, -0.1) is 11.3 Å². The Labute approximate surface area is 151 Å². The summed E-state index contributed by atoms with van der Waals surface area (Å²) in [6.07, 6.45) is 1.54. The van der Waals surface area contributed by atoms with E-state index in [1.165, 1.54) is 11.3 Å². The third kappa shape index (κ3) is 2.95. The molecule has 1 aliphatic carbocycles. The summed E-state index contributed by atoms with van der Waals surface area (Å²) in [6, 6.07) is 11.5. The predicted molar refractivity (Wildman–Crippen MR) is 98.1 cm³/mol. The van der Waals surface area contributed by atoms with Crippen LogP contribution in [0.25, 0.3) is 0 Å². The van der Waals surface area contributed by atoms with Gasteiger partial charge in [0.15, 0.2) is 11.6 Å². The van der Waals surface area contributed by atoms with Crippen molar-refractivity contribution in [2.45, 2.75) is 39.0 Å². The maximum absolute atomic E-state index is 12.9. The van der Waals surface area contributed by atoms with Crippen molar-refractivity contribution in [1.29, 1.82) is 0 Å². The summed E-state index contributed by atoms with van der Waals surface area (Å²) in [4.78, 5) is 26.4. The highest BCUT2D eigenvalue weighted by atomic mass is 32.1. The van der Waals surface area contributed by atoms with E-state index in [0.29, 0.717) is 18.4 Å². The number of para-hydroxylation sites is 1. The summed E-state index contributed by atoms with van der Waals surface area (Å²) in [5.74, 6) is 1.52. The zero-order valence-electron chi connectivity index (χ0n) is 14.4. The zero-order chi connectivity index (χ0) is 17.6.